The Bertz CT molecular complexity index is 379. The zero-order valence-corrected chi connectivity index (χ0v) is 9.53. The van der Waals surface area contributed by atoms with E-state index in [4.69, 9.17) is 4.42 Å². The molecule has 2 nitrogen and oxygen atoms in total. The average molecular weight is 203 g/mol. The third kappa shape index (κ3) is 3.58. The first-order chi connectivity index (χ1) is 7.34. The van der Waals surface area contributed by atoms with Crippen LogP contribution in [0, 0.1) is 6.92 Å². The summed E-state index contributed by atoms with van der Waals surface area (Å²) < 4.78 is 5.17. The van der Waals surface area contributed by atoms with Crippen molar-refractivity contribution in [2.45, 2.75) is 27.2 Å². The molecule has 2 aromatic rings. The van der Waals surface area contributed by atoms with Gasteiger partial charge in [-0.05, 0) is 12.5 Å². The summed E-state index contributed by atoms with van der Waals surface area (Å²) >= 11 is 0. The topological polar surface area (TPSA) is 26.0 Å². The quantitative estimate of drug-likeness (QED) is 0.745. The second-order valence-corrected chi connectivity index (χ2v) is 3.09. The van der Waals surface area contributed by atoms with Gasteiger partial charge in [-0.2, -0.15) is 0 Å². The predicted octanol–water partition coefficient (Wildman–Crippen LogP) is 3.60. The Morgan fingerprint density at radius 3 is 2.67 bits per heavy atom. The number of aryl methyl sites for hydroxylation is 1. The molecule has 0 saturated carbocycles. The molecule has 0 radical (unpaired) electrons. The van der Waals surface area contributed by atoms with E-state index in [2.05, 4.69) is 30.1 Å². The Morgan fingerprint density at radius 1 is 1.27 bits per heavy atom. The first kappa shape index (κ1) is 11.5. The first-order valence-corrected chi connectivity index (χ1v) is 5.28. The van der Waals surface area contributed by atoms with Crippen LogP contribution in [0.1, 0.15) is 30.9 Å². The number of aromatic nitrogens is 1. The molecule has 0 aliphatic rings. The molecule has 1 aromatic heterocycles. The molecule has 0 N–H and O–H groups in total. The summed E-state index contributed by atoms with van der Waals surface area (Å²) in [6, 6.07) is 8.36. The molecule has 15 heavy (non-hydrogen) atoms. The first-order valence-electron chi connectivity index (χ1n) is 5.28. The SMILES string of the molecule is CC.Cc1cccc(Cc2ncco2)c1. The third-order valence-corrected chi connectivity index (χ3v) is 1.92. The molecule has 80 valence electrons. The van der Waals surface area contributed by atoms with E-state index >= 15 is 0 Å². The molecule has 0 fully saturated rings. The smallest absolute Gasteiger partial charge is 0.198 e. The summed E-state index contributed by atoms with van der Waals surface area (Å²) in [4.78, 5) is 4.07. The molecule has 0 bridgehead atoms. The molecule has 0 unspecified atom stereocenters. The number of hydrogen-bond acceptors (Lipinski definition) is 2. The van der Waals surface area contributed by atoms with E-state index < -0.39 is 0 Å². The summed E-state index contributed by atoms with van der Waals surface area (Å²) in [7, 11) is 0. The van der Waals surface area contributed by atoms with Crippen LogP contribution in [0.25, 0.3) is 0 Å². The highest BCUT2D eigenvalue weighted by Gasteiger charge is 1.99. The minimum absolute atomic E-state index is 0.769. The van der Waals surface area contributed by atoms with Crippen LogP contribution in [0.3, 0.4) is 0 Å². The van der Waals surface area contributed by atoms with E-state index in [9.17, 15) is 0 Å². The highest BCUT2D eigenvalue weighted by Crippen LogP contribution is 2.09. The summed E-state index contributed by atoms with van der Waals surface area (Å²) in [5, 5.41) is 0. The second-order valence-electron chi connectivity index (χ2n) is 3.09. The molecule has 2 rings (SSSR count). The molecule has 2 heteroatoms. The van der Waals surface area contributed by atoms with Gasteiger partial charge < -0.3 is 4.42 Å². The maximum absolute atomic E-state index is 5.17. The molecule has 0 spiro atoms. The van der Waals surface area contributed by atoms with Crippen molar-refractivity contribution < 1.29 is 4.42 Å². The summed E-state index contributed by atoms with van der Waals surface area (Å²) in [6.45, 7) is 6.08. The van der Waals surface area contributed by atoms with Crippen LogP contribution < -0.4 is 0 Å². The molecule has 0 amide bonds. The van der Waals surface area contributed by atoms with Crippen LogP contribution in [-0.4, -0.2) is 4.98 Å². The Labute approximate surface area is 91.0 Å². The number of nitrogens with zero attached hydrogens (tertiary/aromatic N) is 1. The Morgan fingerprint density at radius 2 is 2.07 bits per heavy atom. The number of hydrogen-bond donors (Lipinski definition) is 0. The highest BCUT2D eigenvalue weighted by atomic mass is 16.3. The lowest BCUT2D eigenvalue weighted by Gasteiger charge is -1.98. The van der Waals surface area contributed by atoms with Gasteiger partial charge in [-0.1, -0.05) is 43.7 Å². The van der Waals surface area contributed by atoms with Gasteiger partial charge in [0, 0.05) is 6.42 Å². The Balaban J connectivity index is 0.000000531. The molecular weight excluding hydrogens is 186 g/mol. The van der Waals surface area contributed by atoms with Gasteiger partial charge in [-0.25, -0.2) is 4.98 Å². The van der Waals surface area contributed by atoms with Gasteiger partial charge >= 0.3 is 0 Å². The monoisotopic (exact) mass is 203 g/mol. The molecule has 1 heterocycles. The van der Waals surface area contributed by atoms with E-state index in [1.54, 1.807) is 12.5 Å². The standard InChI is InChI=1S/C11H11NO.C2H6/c1-9-3-2-4-10(7-9)8-11-12-5-6-13-11;1-2/h2-7H,8H2,1H3;1-2H3. The van der Waals surface area contributed by atoms with Crippen LogP contribution in [-0.2, 0) is 6.42 Å². The summed E-state index contributed by atoms with van der Waals surface area (Å²) in [5.41, 5.74) is 2.51. The van der Waals surface area contributed by atoms with Crippen molar-refractivity contribution in [3.05, 3.63) is 53.7 Å². The van der Waals surface area contributed by atoms with Crippen molar-refractivity contribution in [3.8, 4) is 0 Å². The van der Waals surface area contributed by atoms with Crippen LogP contribution in [0.4, 0.5) is 0 Å². The van der Waals surface area contributed by atoms with Crippen molar-refractivity contribution in [2.24, 2.45) is 0 Å². The Hall–Kier alpha value is -1.57. The third-order valence-electron chi connectivity index (χ3n) is 1.92. The molecule has 1 aromatic carbocycles. The Kier molecular flexibility index (Phi) is 4.61. The number of benzene rings is 1. The van der Waals surface area contributed by atoms with E-state index in [1.165, 1.54) is 11.1 Å². The fourth-order valence-corrected chi connectivity index (χ4v) is 1.34. The molecule has 0 atom stereocenters. The van der Waals surface area contributed by atoms with Gasteiger partial charge in [0.15, 0.2) is 5.89 Å². The zero-order chi connectivity index (χ0) is 11.1. The van der Waals surface area contributed by atoms with E-state index in [0.29, 0.717) is 0 Å². The fourth-order valence-electron chi connectivity index (χ4n) is 1.34. The predicted molar refractivity (Wildman–Crippen MR) is 61.8 cm³/mol. The van der Waals surface area contributed by atoms with Crippen molar-refractivity contribution in [3.63, 3.8) is 0 Å². The van der Waals surface area contributed by atoms with Crippen molar-refractivity contribution in [1.82, 2.24) is 4.98 Å². The lowest BCUT2D eigenvalue weighted by molar-refractivity contribution is 0.507. The van der Waals surface area contributed by atoms with E-state index in [0.717, 1.165) is 12.3 Å². The highest BCUT2D eigenvalue weighted by molar-refractivity contribution is 5.24. The van der Waals surface area contributed by atoms with Gasteiger partial charge in [0.2, 0.25) is 0 Å². The second kappa shape index (κ2) is 6.02. The van der Waals surface area contributed by atoms with E-state index in [-0.39, 0.29) is 0 Å². The van der Waals surface area contributed by atoms with E-state index in [1.807, 2.05) is 19.9 Å². The van der Waals surface area contributed by atoms with Gasteiger partial charge in [0.1, 0.15) is 6.26 Å². The average Bonchev–Trinajstić information content (AvgIpc) is 2.74. The fraction of sp³-hybridized carbons (Fsp3) is 0.308. The molecular formula is C13H17NO. The number of oxazole rings is 1. The minimum Gasteiger partial charge on any atom is -0.449 e. The molecule has 0 aliphatic heterocycles. The zero-order valence-electron chi connectivity index (χ0n) is 9.53. The lowest BCUT2D eigenvalue weighted by Crippen LogP contribution is -1.87. The number of rotatable bonds is 2. The van der Waals surface area contributed by atoms with Crippen LogP contribution in [0.2, 0.25) is 0 Å². The lowest BCUT2D eigenvalue weighted by atomic mass is 10.1. The summed E-state index contributed by atoms with van der Waals surface area (Å²) in [6.07, 6.45) is 4.05. The van der Waals surface area contributed by atoms with Gasteiger partial charge in [-0.15, -0.1) is 0 Å². The van der Waals surface area contributed by atoms with Crippen LogP contribution in [0.15, 0.2) is 41.1 Å². The van der Waals surface area contributed by atoms with Gasteiger partial charge in [0.25, 0.3) is 0 Å². The minimum atomic E-state index is 0.769. The maximum Gasteiger partial charge on any atom is 0.198 e. The van der Waals surface area contributed by atoms with Crippen LogP contribution in [0.5, 0.6) is 0 Å². The largest absolute Gasteiger partial charge is 0.449 e. The maximum atomic E-state index is 5.17. The van der Waals surface area contributed by atoms with Gasteiger partial charge in [-0.3, -0.25) is 0 Å². The molecule has 0 saturated heterocycles. The van der Waals surface area contributed by atoms with Gasteiger partial charge in [0.05, 0.1) is 6.20 Å². The van der Waals surface area contributed by atoms with Crippen LogP contribution >= 0.6 is 0 Å². The molecule has 0 aliphatic carbocycles. The van der Waals surface area contributed by atoms with Crippen molar-refractivity contribution in [1.29, 1.82) is 0 Å². The van der Waals surface area contributed by atoms with Crippen molar-refractivity contribution in [2.75, 3.05) is 0 Å². The normalized spacial score (nSPS) is 9.27. The van der Waals surface area contributed by atoms with Crippen molar-refractivity contribution >= 4 is 0 Å². The summed E-state index contributed by atoms with van der Waals surface area (Å²) in [5.74, 6) is 0.769.